The second kappa shape index (κ2) is 8.19. The fourth-order valence-electron chi connectivity index (χ4n) is 3.05. The second-order valence-corrected chi connectivity index (χ2v) is 7.97. The zero-order chi connectivity index (χ0) is 20.4. The van der Waals surface area contributed by atoms with Crippen LogP contribution in [0.5, 0.6) is 0 Å². The van der Waals surface area contributed by atoms with Crippen LogP contribution in [0.4, 0.5) is 5.69 Å². The molecule has 0 aliphatic heterocycles. The fraction of sp³-hybridized carbons (Fsp3) is 0.136. The molecular formula is C22H18ClN3O2S. The second-order valence-electron chi connectivity index (χ2n) is 6.70. The Labute approximate surface area is 177 Å². The number of benzene rings is 2. The van der Waals surface area contributed by atoms with Gasteiger partial charge in [0.05, 0.1) is 5.69 Å². The standard InChI is InChI=1S/C22H18ClN3O2S/c1-14(27)16-3-2-4-18(11-16)24-21(28)10-9-19-13-29-22-25-20(12-26(19)22)15-5-7-17(23)8-6-15/h2-8,11-13H,9-10H2,1H3,(H,24,28). The molecule has 0 aliphatic rings. The van der Waals surface area contributed by atoms with Crippen molar-refractivity contribution in [1.29, 1.82) is 0 Å². The number of anilines is 1. The minimum atomic E-state index is -0.0944. The summed E-state index contributed by atoms with van der Waals surface area (Å²) in [5, 5.41) is 5.57. The van der Waals surface area contributed by atoms with Crippen molar-refractivity contribution in [2.24, 2.45) is 0 Å². The molecule has 0 radical (unpaired) electrons. The van der Waals surface area contributed by atoms with E-state index in [9.17, 15) is 9.59 Å². The molecule has 5 nitrogen and oxygen atoms in total. The van der Waals surface area contributed by atoms with Gasteiger partial charge >= 0.3 is 0 Å². The Morgan fingerprint density at radius 1 is 1.17 bits per heavy atom. The van der Waals surface area contributed by atoms with Gasteiger partial charge in [-0.1, -0.05) is 35.9 Å². The van der Waals surface area contributed by atoms with Crippen LogP contribution in [0, 0.1) is 0 Å². The number of amides is 1. The van der Waals surface area contributed by atoms with Gasteiger partial charge in [0.2, 0.25) is 5.91 Å². The molecule has 146 valence electrons. The number of halogens is 1. The number of rotatable bonds is 6. The van der Waals surface area contributed by atoms with Crippen LogP contribution in [0.2, 0.25) is 5.02 Å². The first-order chi connectivity index (χ1) is 14.0. The summed E-state index contributed by atoms with van der Waals surface area (Å²) >= 11 is 7.51. The topological polar surface area (TPSA) is 63.5 Å². The van der Waals surface area contributed by atoms with Gasteiger partial charge < -0.3 is 5.32 Å². The minimum absolute atomic E-state index is 0.0293. The summed E-state index contributed by atoms with van der Waals surface area (Å²) in [4.78, 5) is 29.4. The van der Waals surface area contributed by atoms with Gasteiger partial charge in [0.25, 0.3) is 0 Å². The summed E-state index contributed by atoms with van der Waals surface area (Å²) in [5.74, 6) is -0.124. The van der Waals surface area contributed by atoms with Gasteiger partial charge in [0, 0.05) is 45.5 Å². The van der Waals surface area contributed by atoms with E-state index in [2.05, 4.69) is 10.3 Å². The van der Waals surface area contributed by atoms with Gasteiger partial charge in [-0.25, -0.2) is 4.98 Å². The highest BCUT2D eigenvalue weighted by molar-refractivity contribution is 7.15. The molecule has 0 aliphatic carbocycles. The monoisotopic (exact) mass is 423 g/mol. The van der Waals surface area contributed by atoms with Crippen LogP contribution in [-0.2, 0) is 11.2 Å². The minimum Gasteiger partial charge on any atom is -0.326 e. The third-order valence-electron chi connectivity index (χ3n) is 4.58. The SMILES string of the molecule is CC(=O)c1cccc(NC(=O)CCc2csc3nc(-c4ccc(Cl)cc4)cn23)c1. The van der Waals surface area contributed by atoms with E-state index < -0.39 is 0 Å². The van der Waals surface area contributed by atoms with Crippen molar-refractivity contribution in [2.75, 3.05) is 5.32 Å². The lowest BCUT2D eigenvalue weighted by Gasteiger charge is -2.06. The summed E-state index contributed by atoms with van der Waals surface area (Å²) in [7, 11) is 0. The summed E-state index contributed by atoms with van der Waals surface area (Å²) in [6.45, 7) is 1.51. The summed E-state index contributed by atoms with van der Waals surface area (Å²) in [6, 6.07) is 14.5. The van der Waals surface area contributed by atoms with E-state index in [-0.39, 0.29) is 11.7 Å². The van der Waals surface area contributed by atoms with Crippen LogP contribution in [0.15, 0.2) is 60.1 Å². The Morgan fingerprint density at radius 3 is 2.72 bits per heavy atom. The normalized spacial score (nSPS) is 11.0. The van der Waals surface area contributed by atoms with Crippen molar-refractivity contribution in [3.63, 3.8) is 0 Å². The van der Waals surface area contributed by atoms with Gasteiger partial charge in [-0.05, 0) is 37.6 Å². The van der Waals surface area contributed by atoms with Gasteiger partial charge in [-0.15, -0.1) is 11.3 Å². The predicted molar refractivity (Wildman–Crippen MR) is 117 cm³/mol. The van der Waals surface area contributed by atoms with Crippen molar-refractivity contribution in [3.8, 4) is 11.3 Å². The number of aromatic nitrogens is 2. The number of fused-ring (bicyclic) bond motifs is 1. The number of carbonyl (C=O) groups excluding carboxylic acids is 2. The number of Topliss-reactive ketones (excluding diaryl/α,β-unsaturated/α-hetero) is 1. The van der Waals surface area contributed by atoms with E-state index in [0.717, 1.165) is 21.9 Å². The van der Waals surface area contributed by atoms with Crippen molar-refractivity contribution in [3.05, 3.63) is 76.4 Å². The molecule has 4 rings (SSSR count). The zero-order valence-corrected chi connectivity index (χ0v) is 17.3. The summed E-state index contributed by atoms with van der Waals surface area (Å²) in [6.07, 6.45) is 2.91. The molecule has 4 aromatic rings. The molecule has 2 aromatic heterocycles. The van der Waals surface area contributed by atoms with E-state index in [0.29, 0.717) is 29.1 Å². The third kappa shape index (κ3) is 4.39. The van der Waals surface area contributed by atoms with E-state index >= 15 is 0 Å². The Kier molecular flexibility index (Phi) is 5.47. The maximum absolute atomic E-state index is 12.4. The Morgan fingerprint density at radius 2 is 1.97 bits per heavy atom. The van der Waals surface area contributed by atoms with Crippen molar-refractivity contribution < 1.29 is 9.59 Å². The lowest BCUT2D eigenvalue weighted by molar-refractivity contribution is -0.116. The molecule has 7 heteroatoms. The average Bonchev–Trinajstić information content (AvgIpc) is 3.28. The van der Waals surface area contributed by atoms with Crippen LogP contribution < -0.4 is 5.32 Å². The molecular weight excluding hydrogens is 406 g/mol. The van der Waals surface area contributed by atoms with Crippen LogP contribution in [0.3, 0.4) is 0 Å². The molecule has 0 spiro atoms. The molecule has 2 aromatic carbocycles. The number of imidazole rings is 1. The quantitative estimate of drug-likeness (QED) is 0.417. The number of nitrogens with zero attached hydrogens (tertiary/aromatic N) is 2. The molecule has 0 fully saturated rings. The highest BCUT2D eigenvalue weighted by Crippen LogP contribution is 2.25. The van der Waals surface area contributed by atoms with Gasteiger partial charge in [0.15, 0.2) is 10.7 Å². The number of carbonyl (C=O) groups is 2. The van der Waals surface area contributed by atoms with Crippen molar-refractivity contribution >= 4 is 45.3 Å². The first kappa shape index (κ1) is 19.4. The maximum atomic E-state index is 12.4. The number of hydrogen-bond donors (Lipinski definition) is 1. The molecule has 1 N–H and O–H groups in total. The van der Waals surface area contributed by atoms with E-state index in [1.807, 2.05) is 40.2 Å². The van der Waals surface area contributed by atoms with Gasteiger partial charge in [-0.2, -0.15) is 0 Å². The maximum Gasteiger partial charge on any atom is 0.224 e. The molecule has 1 amide bonds. The van der Waals surface area contributed by atoms with Crippen LogP contribution >= 0.6 is 22.9 Å². The third-order valence-corrected chi connectivity index (χ3v) is 5.73. The number of ketones is 1. The molecule has 0 unspecified atom stereocenters. The fourth-order valence-corrected chi connectivity index (χ4v) is 4.08. The van der Waals surface area contributed by atoms with Gasteiger partial charge in [0.1, 0.15) is 0 Å². The van der Waals surface area contributed by atoms with Crippen molar-refractivity contribution in [1.82, 2.24) is 9.38 Å². The summed E-state index contributed by atoms with van der Waals surface area (Å²) in [5.41, 5.74) is 4.12. The highest BCUT2D eigenvalue weighted by atomic mass is 35.5. The number of nitrogens with one attached hydrogen (secondary N) is 1. The first-order valence-electron chi connectivity index (χ1n) is 9.12. The Balaban J connectivity index is 1.44. The number of aryl methyl sites for hydroxylation is 1. The Hall–Kier alpha value is -2.96. The lowest BCUT2D eigenvalue weighted by atomic mass is 10.1. The number of hydrogen-bond acceptors (Lipinski definition) is 4. The van der Waals surface area contributed by atoms with Gasteiger partial charge in [-0.3, -0.25) is 14.0 Å². The molecule has 0 saturated carbocycles. The molecule has 0 bridgehead atoms. The molecule has 0 atom stereocenters. The van der Waals surface area contributed by atoms with Crippen LogP contribution in [0.1, 0.15) is 29.4 Å². The lowest BCUT2D eigenvalue weighted by Crippen LogP contribution is -2.13. The Bertz CT molecular complexity index is 1190. The summed E-state index contributed by atoms with van der Waals surface area (Å²) < 4.78 is 2.03. The van der Waals surface area contributed by atoms with Crippen LogP contribution in [-0.4, -0.2) is 21.1 Å². The van der Waals surface area contributed by atoms with E-state index in [4.69, 9.17) is 11.6 Å². The zero-order valence-electron chi connectivity index (χ0n) is 15.7. The molecule has 0 saturated heterocycles. The van der Waals surface area contributed by atoms with Crippen molar-refractivity contribution in [2.45, 2.75) is 19.8 Å². The first-order valence-corrected chi connectivity index (χ1v) is 10.4. The predicted octanol–water partition coefficient (Wildman–Crippen LogP) is 5.49. The highest BCUT2D eigenvalue weighted by Gasteiger charge is 2.12. The van der Waals surface area contributed by atoms with E-state index in [1.165, 1.54) is 6.92 Å². The largest absolute Gasteiger partial charge is 0.326 e. The molecule has 29 heavy (non-hydrogen) atoms. The average molecular weight is 424 g/mol. The van der Waals surface area contributed by atoms with Crippen LogP contribution in [0.25, 0.3) is 16.2 Å². The number of thiazole rings is 1. The van der Waals surface area contributed by atoms with E-state index in [1.54, 1.807) is 35.6 Å². The molecule has 2 heterocycles. The smallest absolute Gasteiger partial charge is 0.224 e.